The normalized spacial score (nSPS) is 16.3. The van der Waals surface area contributed by atoms with Gasteiger partial charge in [-0.15, -0.1) is 0 Å². The third kappa shape index (κ3) is 5.99. The van der Waals surface area contributed by atoms with Crippen LogP contribution in [0.5, 0.6) is 6.01 Å². The van der Waals surface area contributed by atoms with Crippen molar-refractivity contribution in [3.8, 4) is 6.01 Å². The maximum Gasteiger partial charge on any atom is 0.434 e. The molecular formula is C16H23F6N5O. The van der Waals surface area contributed by atoms with Crippen molar-refractivity contribution in [3.63, 3.8) is 0 Å². The molecule has 0 aliphatic heterocycles. The van der Waals surface area contributed by atoms with Gasteiger partial charge in [0.2, 0.25) is 11.9 Å². The molecule has 28 heavy (non-hydrogen) atoms. The van der Waals surface area contributed by atoms with Gasteiger partial charge in [-0.3, -0.25) is 0 Å². The first-order valence-electron chi connectivity index (χ1n) is 9.12. The van der Waals surface area contributed by atoms with Gasteiger partial charge < -0.3 is 15.0 Å². The van der Waals surface area contributed by atoms with E-state index in [1.54, 1.807) is 18.7 Å². The molecule has 1 saturated carbocycles. The van der Waals surface area contributed by atoms with Crippen molar-refractivity contribution in [2.45, 2.75) is 70.4 Å². The van der Waals surface area contributed by atoms with E-state index in [0.29, 0.717) is 13.1 Å². The number of hydrogen-bond donors (Lipinski definition) is 1. The third-order valence-corrected chi connectivity index (χ3v) is 4.41. The predicted octanol–water partition coefficient (Wildman–Crippen LogP) is 4.33. The third-order valence-electron chi connectivity index (χ3n) is 4.41. The first kappa shape index (κ1) is 22.3. The summed E-state index contributed by atoms with van der Waals surface area (Å²) in [4.78, 5) is 13.1. The molecule has 1 aliphatic carbocycles. The van der Waals surface area contributed by atoms with E-state index in [1.165, 1.54) is 0 Å². The Kier molecular flexibility index (Phi) is 7.16. The number of anilines is 2. The highest BCUT2D eigenvalue weighted by Gasteiger charge is 2.59. The van der Waals surface area contributed by atoms with Crippen LogP contribution in [-0.2, 0) is 0 Å². The standard InChI is InChI=1S/C16H23F6N5O/c1-3-27(4-2)13-24-12(23-10-8-6-5-7-9-10)25-14(26-13)28-11(15(17,18)19)16(20,21)22/h10-11H,3-9H2,1-2H3,(H,23,24,25,26). The fourth-order valence-corrected chi connectivity index (χ4v) is 2.97. The molecule has 0 amide bonds. The van der Waals surface area contributed by atoms with Crippen LogP contribution in [0, 0.1) is 0 Å². The van der Waals surface area contributed by atoms with Crippen molar-refractivity contribution in [1.29, 1.82) is 0 Å². The van der Waals surface area contributed by atoms with Crippen LogP contribution >= 0.6 is 0 Å². The van der Waals surface area contributed by atoms with Gasteiger partial charge >= 0.3 is 18.4 Å². The van der Waals surface area contributed by atoms with E-state index in [-0.39, 0.29) is 17.9 Å². The highest BCUT2D eigenvalue weighted by molar-refractivity contribution is 5.39. The molecule has 1 N–H and O–H groups in total. The first-order chi connectivity index (χ1) is 13.0. The lowest BCUT2D eigenvalue weighted by Gasteiger charge is -2.26. The summed E-state index contributed by atoms with van der Waals surface area (Å²) >= 11 is 0. The molecule has 0 aromatic carbocycles. The van der Waals surface area contributed by atoms with Crippen molar-refractivity contribution >= 4 is 11.9 Å². The van der Waals surface area contributed by atoms with Gasteiger partial charge in [-0.05, 0) is 26.7 Å². The fraction of sp³-hybridized carbons (Fsp3) is 0.812. The molecule has 0 spiro atoms. The van der Waals surface area contributed by atoms with Crippen LogP contribution in [0.25, 0.3) is 0 Å². The average molecular weight is 415 g/mol. The molecule has 0 radical (unpaired) electrons. The smallest absolute Gasteiger partial charge is 0.434 e. The molecule has 0 unspecified atom stereocenters. The van der Waals surface area contributed by atoms with Gasteiger partial charge in [0.05, 0.1) is 0 Å². The van der Waals surface area contributed by atoms with Crippen LogP contribution < -0.4 is 15.0 Å². The van der Waals surface area contributed by atoms with Gasteiger partial charge in [-0.1, -0.05) is 19.3 Å². The number of ether oxygens (including phenoxy) is 1. The van der Waals surface area contributed by atoms with Crippen LogP contribution in [0.15, 0.2) is 0 Å². The molecule has 0 saturated heterocycles. The topological polar surface area (TPSA) is 63.2 Å². The summed E-state index contributed by atoms with van der Waals surface area (Å²) in [6.45, 7) is 4.34. The monoisotopic (exact) mass is 415 g/mol. The van der Waals surface area contributed by atoms with Crippen molar-refractivity contribution < 1.29 is 31.1 Å². The van der Waals surface area contributed by atoms with Crippen LogP contribution in [0.2, 0.25) is 0 Å². The number of rotatable bonds is 7. The summed E-state index contributed by atoms with van der Waals surface area (Å²) in [6, 6.07) is -1.02. The molecule has 2 rings (SSSR count). The quantitative estimate of drug-likeness (QED) is 0.669. The fourth-order valence-electron chi connectivity index (χ4n) is 2.97. The number of alkyl halides is 6. The Morgan fingerprint density at radius 1 is 0.964 bits per heavy atom. The molecule has 6 nitrogen and oxygen atoms in total. The minimum atomic E-state index is -5.66. The van der Waals surface area contributed by atoms with E-state index >= 15 is 0 Å². The number of halogens is 6. The van der Waals surface area contributed by atoms with Crippen molar-refractivity contribution in [2.75, 3.05) is 23.3 Å². The Hall–Kier alpha value is -2.01. The van der Waals surface area contributed by atoms with E-state index in [4.69, 9.17) is 0 Å². The van der Waals surface area contributed by atoms with Crippen molar-refractivity contribution in [3.05, 3.63) is 0 Å². The molecule has 12 heteroatoms. The number of nitrogens with zero attached hydrogens (tertiary/aromatic N) is 4. The molecule has 160 valence electrons. The zero-order chi connectivity index (χ0) is 20.9. The highest BCUT2D eigenvalue weighted by atomic mass is 19.4. The minimum Gasteiger partial charge on any atom is -0.440 e. The van der Waals surface area contributed by atoms with Gasteiger partial charge in [-0.25, -0.2) is 0 Å². The van der Waals surface area contributed by atoms with Gasteiger partial charge in [-0.2, -0.15) is 41.3 Å². The summed E-state index contributed by atoms with van der Waals surface area (Å²) in [5.41, 5.74) is 0. The van der Waals surface area contributed by atoms with Gasteiger partial charge in [0.15, 0.2) is 0 Å². The van der Waals surface area contributed by atoms with Gasteiger partial charge in [0.1, 0.15) is 0 Å². The zero-order valence-electron chi connectivity index (χ0n) is 15.6. The molecule has 0 bridgehead atoms. The van der Waals surface area contributed by atoms with Crippen LogP contribution in [0.3, 0.4) is 0 Å². The molecule has 1 aromatic heterocycles. The van der Waals surface area contributed by atoms with Crippen molar-refractivity contribution in [2.24, 2.45) is 0 Å². The lowest BCUT2D eigenvalue weighted by Crippen LogP contribution is -2.47. The Labute approximate surface area is 158 Å². The SMILES string of the molecule is CCN(CC)c1nc(NC2CCCCC2)nc(OC(C(F)(F)F)C(F)(F)F)n1. The Morgan fingerprint density at radius 2 is 1.54 bits per heavy atom. The first-order valence-corrected chi connectivity index (χ1v) is 9.12. The van der Waals surface area contributed by atoms with E-state index in [0.717, 1.165) is 32.1 Å². The molecule has 1 fully saturated rings. The van der Waals surface area contributed by atoms with E-state index < -0.39 is 24.5 Å². The Morgan fingerprint density at radius 3 is 2.04 bits per heavy atom. The van der Waals surface area contributed by atoms with Crippen LogP contribution in [0.1, 0.15) is 46.0 Å². The van der Waals surface area contributed by atoms with Gasteiger partial charge in [0.25, 0.3) is 6.10 Å². The largest absolute Gasteiger partial charge is 0.440 e. The summed E-state index contributed by atoms with van der Waals surface area (Å²) < 4.78 is 81.1. The summed E-state index contributed by atoms with van der Waals surface area (Å²) in [5, 5.41) is 2.98. The Bertz CT molecular complexity index is 615. The predicted molar refractivity (Wildman–Crippen MR) is 90.4 cm³/mol. The summed E-state index contributed by atoms with van der Waals surface area (Å²) in [7, 11) is 0. The maximum atomic E-state index is 12.8. The summed E-state index contributed by atoms with van der Waals surface area (Å²) in [5.74, 6) is -0.140. The lowest BCUT2D eigenvalue weighted by molar-refractivity contribution is -0.301. The Balaban J connectivity index is 2.35. The zero-order valence-corrected chi connectivity index (χ0v) is 15.6. The second kappa shape index (κ2) is 8.99. The molecule has 1 aliphatic rings. The molecule has 1 aromatic rings. The number of nitrogens with one attached hydrogen (secondary N) is 1. The highest BCUT2D eigenvalue weighted by Crippen LogP contribution is 2.36. The molecular weight excluding hydrogens is 392 g/mol. The van der Waals surface area contributed by atoms with Crippen LogP contribution in [0.4, 0.5) is 38.2 Å². The summed E-state index contributed by atoms with van der Waals surface area (Å²) in [6.07, 6.45) is -10.7. The molecule has 0 atom stereocenters. The van der Waals surface area contributed by atoms with Gasteiger partial charge in [0, 0.05) is 19.1 Å². The lowest BCUT2D eigenvalue weighted by atomic mass is 9.96. The van der Waals surface area contributed by atoms with E-state index in [2.05, 4.69) is 25.0 Å². The molecule has 1 heterocycles. The second-order valence-corrected chi connectivity index (χ2v) is 6.47. The average Bonchev–Trinajstić information content (AvgIpc) is 2.60. The van der Waals surface area contributed by atoms with Crippen LogP contribution in [-0.4, -0.2) is 52.5 Å². The van der Waals surface area contributed by atoms with E-state index in [1.807, 2.05) is 0 Å². The number of aromatic nitrogens is 3. The minimum absolute atomic E-state index is 0.00502. The maximum absolute atomic E-state index is 12.8. The van der Waals surface area contributed by atoms with Crippen molar-refractivity contribution in [1.82, 2.24) is 15.0 Å². The second-order valence-electron chi connectivity index (χ2n) is 6.47. The number of hydrogen-bond acceptors (Lipinski definition) is 6. The van der Waals surface area contributed by atoms with E-state index in [9.17, 15) is 26.3 Å².